The maximum Gasteiger partial charge on any atom is 0.257 e. The number of nitrogens with one attached hydrogen (secondary N) is 1. The van der Waals surface area contributed by atoms with Crippen LogP contribution in [0, 0.1) is 0 Å². The molecule has 1 aromatic carbocycles. The molecule has 0 atom stereocenters. The fourth-order valence-electron chi connectivity index (χ4n) is 3.89. The summed E-state index contributed by atoms with van der Waals surface area (Å²) in [5.41, 5.74) is 0.310. The molecule has 28 heavy (non-hydrogen) atoms. The van der Waals surface area contributed by atoms with Crippen LogP contribution < -0.4 is 9.46 Å². The van der Waals surface area contributed by atoms with Gasteiger partial charge in [0.2, 0.25) is 10.0 Å². The Balaban J connectivity index is 1.67. The SMILES string of the molecule is COc1ccc(S(=O)(=O)NCCCN2CCCC2)cc1C(=O)N1CCCCC1. The summed E-state index contributed by atoms with van der Waals surface area (Å²) in [5.74, 6) is 0.242. The summed E-state index contributed by atoms with van der Waals surface area (Å²) < 4.78 is 33.4. The molecule has 0 unspecified atom stereocenters. The minimum atomic E-state index is -3.66. The fourth-order valence-corrected chi connectivity index (χ4v) is 4.99. The van der Waals surface area contributed by atoms with Crippen molar-refractivity contribution in [2.45, 2.75) is 43.4 Å². The number of methoxy groups -OCH3 is 1. The summed E-state index contributed by atoms with van der Waals surface area (Å²) in [5, 5.41) is 0. The lowest BCUT2D eigenvalue weighted by Crippen LogP contribution is -2.36. The lowest BCUT2D eigenvalue weighted by Gasteiger charge is -2.27. The van der Waals surface area contributed by atoms with Crippen molar-refractivity contribution >= 4 is 15.9 Å². The topological polar surface area (TPSA) is 79.0 Å². The third kappa shape index (κ3) is 5.24. The van der Waals surface area contributed by atoms with Gasteiger partial charge >= 0.3 is 0 Å². The van der Waals surface area contributed by atoms with Gasteiger partial charge in [0.15, 0.2) is 0 Å². The van der Waals surface area contributed by atoms with Crippen LogP contribution in [0.15, 0.2) is 23.1 Å². The first kappa shape index (κ1) is 21.1. The monoisotopic (exact) mass is 409 g/mol. The largest absolute Gasteiger partial charge is 0.496 e. The van der Waals surface area contributed by atoms with E-state index in [1.165, 1.54) is 32.1 Å². The second-order valence-electron chi connectivity index (χ2n) is 7.52. The van der Waals surface area contributed by atoms with Gasteiger partial charge in [-0.25, -0.2) is 13.1 Å². The van der Waals surface area contributed by atoms with Crippen molar-refractivity contribution < 1.29 is 17.9 Å². The van der Waals surface area contributed by atoms with Crippen LogP contribution in [0.25, 0.3) is 0 Å². The number of amides is 1. The van der Waals surface area contributed by atoms with E-state index in [1.54, 1.807) is 11.0 Å². The zero-order valence-corrected chi connectivity index (χ0v) is 17.5. The molecule has 2 aliphatic rings. The molecule has 1 N–H and O–H groups in total. The molecular formula is C20H31N3O4S. The van der Waals surface area contributed by atoms with E-state index in [0.29, 0.717) is 30.9 Å². The van der Waals surface area contributed by atoms with Crippen LogP contribution in [0.5, 0.6) is 5.75 Å². The first-order chi connectivity index (χ1) is 13.5. The molecular weight excluding hydrogens is 378 g/mol. The number of sulfonamides is 1. The molecule has 0 bridgehead atoms. The molecule has 0 spiro atoms. The Hall–Kier alpha value is -1.64. The number of carbonyl (C=O) groups is 1. The number of hydrogen-bond acceptors (Lipinski definition) is 5. The van der Waals surface area contributed by atoms with E-state index < -0.39 is 10.0 Å². The van der Waals surface area contributed by atoms with Gasteiger partial charge < -0.3 is 14.5 Å². The zero-order valence-electron chi connectivity index (χ0n) is 16.7. The molecule has 2 fully saturated rings. The van der Waals surface area contributed by atoms with Gasteiger partial charge in [0.05, 0.1) is 17.6 Å². The third-order valence-corrected chi connectivity index (χ3v) is 6.96. The predicted octanol–water partition coefficient (Wildman–Crippen LogP) is 2.09. The molecule has 3 rings (SSSR count). The van der Waals surface area contributed by atoms with E-state index in [1.807, 2.05) is 0 Å². The number of piperidine rings is 1. The molecule has 2 aliphatic heterocycles. The highest BCUT2D eigenvalue weighted by Crippen LogP contribution is 2.25. The van der Waals surface area contributed by atoms with Crippen molar-refractivity contribution in [1.29, 1.82) is 0 Å². The zero-order chi connectivity index (χ0) is 20.0. The van der Waals surface area contributed by atoms with Crippen LogP contribution in [0.4, 0.5) is 0 Å². The summed E-state index contributed by atoms with van der Waals surface area (Å²) in [6.45, 7) is 4.91. The molecule has 1 amide bonds. The Morgan fingerprint density at radius 3 is 2.43 bits per heavy atom. The summed E-state index contributed by atoms with van der Waals surface area (Å²) in [6, 6.07) is 4.50. The first-order valence-corrected chi connectivity index (χ1v) is 11.7. The number of carbonyl (C=O) groups excluding carboxylic acids is 1. The lowest BCUT2D eigenvalue weighted by atomic mass is 10.1. The standard InChI is InChI=1S/C20H31N3O4S/c1-27-19-9-8-17(16-18(19)20(24)23-14-3-2-4-15-23)28(25,26)21-10-7-13-22-11-5-6-12-22/h8-9,16,21H,2-7,10-15H2,1H3. The number of hydrogen-bond donors (Lipinski definition) is 1. The van der Waals surface area contributed by atoms with Crippen molar-refractivity contribution in [3.05, 3.63) is 23.8 Å². The van der Waals surface area contributed by atoms with E-state index in [4.69, 9.17) is 4.74 Å². The van der Waals surface area contributed by atoms with Gasteiger partial charge in [0, 0.05) is 19.6 Å². The van der Waals surface area contributed by atoms with Gasteiger partial charge in [-0.1, -0.05) is 0 Å². The number of rotatable bonds is 8. The van der Waals surface area contributed by atoms with Crippen LogP contribution >= 0.6 is 0 Å². The Labute approximate surface area is 168 Å². The van der Waals surface area contributed by atoms with Gasteiger partial charge in [0.1, 0.15) is 5.75 Å². The van der Waals surface area contributed by atoms with Crippen molar-refractivity contribution in [2.75, 3.05) is 46.4 Å². The average molecular weight is 410 g/mol. The summed E-state index contributed by atoms with van der Waals surface area (Å²) >= 11 is 0. The molecule has 0 aliphatic carbocycles. The Kier molecular flexibility index (Phi) is 7.31. The molecule has 2 heterocycles. The number of ether oxygens (including phenoxy) is 1. The summed E-state index contributed by atoms with van der Waals surface area (Å²) in [4.78, 5) is 17.1. The van der Waals surface area contributed by atoms with Crippen LogP contribution in [0.1, 0.15) is 48.9 Å². The van der Waals surface area contributed by atoms with Crippen molar-refractivity contribution in [3.8, 4) is 5.75 Å². The smallest absolute Gasteiger partial charge is 0.257 e. The van der Waals surface area contributed by atoms with Crippen LogP contribution in [-0.4, -0.2) is 70.5 Å². The maximum atomic E-state index is 12.9. The predicted molar refractivity (Wildman–Crippen MR) is 108 cm³/mol. The highest BCUT2D eigenvalue weighted by atomic mass is 32.2. The van der Waals surface area contributed by atoms with Gasteiger partial charge in [-0.15, -0.1) is 0 Å². The van der Waals surface area contributed by atoms with Gasteiger partial charge in [-0.05, 0) is 76.4 Å². The Bertz CT molecular complexity index is 770. The van der Waals surface area contributed by atoms with Gasteiger partial charge in [0.25, 0.3) is 5.91 Å². The molecule has 7 nitrogen and oxygen atoms in total. The van der Waals surface area contributed by atoms with E-state index >= 15 is 0 Å². The van der Waals surface area contributed by atoms with Crippen LogP contribution in [0.2, 0.25) is 0 Å². The van der Waals surface area contributed by atoms with E-state index in [2.05, 4.69) is 9.62 Å². The molecule has 0 aromatic heterocycles. The van der Waals surface area contributed by atoms with Gasteiger partial charge in [-0.2, -0.15) is 0 Å². The Morgan fingerprint density at radius 1 is 1.07 bits per heavy atom. The average Bonchev–Trinajstić information content (AvgIpc) is 3.24. The maximum absolute atomic E-state index is 12.9. The van der Waals surface area contributed by atoms with Gasteiger partial charge in [-0.3, -0.25) is 4.79 Å². The molecule has 156 valence electrons. The van der Waals surface area contributed by atoms with E-state index in [9.17, 15) is 13.2 Å². The molecule has 2 saturated heterocycles. The van der Waals surface area contributed by atoms with Crippen molar-refractivity contribution in [3.63, 3.8) is 0 Å². The highest BCUT2D eigenvalue weighted by Gasteiger charge is 2.24. The Morgan fingerprint density at radius 2 is 1.75 bits per heavy atom. The minimum absolute atomic E-state index is 0.106. The number of likely N-dealkylation sites (tertiary alicyclic amines) is 2. The second kappa shape index (κ2) is 9.71. The van der Waals surface area contributed by atoms with Crippen molar-refractivity contribution in [1.82, 2.24) is 14.5 Å². The molecule has 0 saturated carbocycles. The number of nitrogens with zero attached hydrogens (tertiary/aromatic N) is 2. The fraction of sp³-hybridized carbons (Fsp3) is 0.650. The van der Waals surface area contributed by atoms with E-state index in [-0.39, 0.29) is 10.8 Å². The number of benzene rings is 1. The minimum Gasteiger partial charge on any atom is -0.496 e. The molecule has 0 radical (unpaired) electrons. The van der Waals surface area contributed by atoms with Crippen LogP contribution in [-0.2, 0) is 10.0 Å². The normalized spacial score (nSPS) is 18.4. The summed E-state index contributed by atoms with van der Waals surface area (Å²) in [7, 11) is -2.17. The van der Waals surface area contributed by atoms with E-state index in [0.717, 1.165) is 45.3 Å². The highest BCUT2D eigenvalue weighted by molar-refractivity contribution is 7.89. The quantitative estimate of drug-likeness (QED) is 0.665. The summed E-state index contributed by atoms with van der Waals surface area (Å²) in [6.07, 6.45) is 6.30. The first-order valence-electron chi connectivity index (χ1n) is 10.2. The van der Waals surface area contributed by atoms with Crippen LogP contribution in [0.3, 0.4) is 0 Å². The lowest BCUT2D eigenvalue weighted by molar-refractivity contribution is 0.0720. The molecule has 8 heteroatoms. The second-order valence-corrected chi connectivity index (χ2v) is 9.28. The van der Waals surface area contributed by atoms with Crippen molar-refractivity contribution in [2.24, 2.45) is 0 Å². The third-order valence-electron chi connectivity index (χ3n) is 5.50. The molecule has 1 aromatic rings.